The van der Waals surface area contributed by atoms with Crippen LogP contribution in [0.25, 0.3) is 11.0 Å². The quantitative estimate of drug-likeness (QED) is 0.413. The predicted octanol–water partition coefficient (Wildman–Crippen LogP) is -0.0288. The molecule has 1 aromatic heterocycles. The minimum Gasteiger partial charge on any atom is -0.739 e. The van der Waals surface area contributed by atoms with Gasteiger partial charge in [-0.1, -0.05) is 15.9 Å². The van der Waals surface area contributed by atoms with Gasteiger partial charge in [0, 0.05) is 21.9 Å². The number of halogens is 1. The van der Waals surface area contributed by atoms with E-state index >= 15 is 0 Å². The van der Waals surface area contributed by atoms with Crippen molar-refractivity contribution in [3.05, 3.63) is 33.1 Å². The third kappa shape index (κ3) is 3.65. The lowest BCUT2D eigenvalue weighted by atomic mass is 10.3. The maximum Gasteiger partial charge on any atom is 0.460 e. The minimum atomic E-state index is -0.353. The number of carbonyl (C=O) groups excluding carboxylic acids is 1. The van der Waals surface area contributed by atoms with Gasteiger partial charge in [0.25, 0.3) is 0 Å². The van der Waals surface area contributed by atoms with Gasteiger partial charge >= 0.3 is 17.4 Å². The van der Waals surface area contributed by atoms with Gasteiger partial charge in [-0.15, -0.1) is 0 Å². The van der Waals surface area contributed by atoms with Crippen LogP contribution >= 0.6 is 15.9 Å². The number of aromatic nitrogens is 3. The van der Waals surface area contributed by atoms with Gasteiger partial charge < -0.3 is 20.5 Å². The molecule has 0 amide bonds. The van der Waals surface area contributed by atoms with Crippen molar-refractivity contribution in [2.24, 2.45) is 0 Å². The van der Waals surface area contributed by atoms with Crippen LogP contribution in [0.5, 0.6) is 0 Å². The fourth-order valence-electron chi connectivity index (χ4n) is 2.47. The van der Waals surface area contributed by atoms with Crippen molar-refractivity contribution in [3.8, 4) is 0 Å². The molecule has 2 aromatic rings. The Morgan fingerprint density at radius 3 is 3.04 bits per heavy atom. The first-order chi connectivity index (χ1) is 11.5. The van der Waals surface area contributed by atoms with Gasteiger partial charge in [0.05, 0.1) is 13.0 Å². The Morgan fingerprint density at radius 2 is 2.29 bits per heavy atom. The first-order valence-electron chi connectivity index (χ1n) is 7.51. The number of nitrogens with one attached hydrogen (secondary N) is 2. The number of hydrogen-bond donors (Lipinski definition) is 2. The van der Waals surface area contributed by atoms with Gasteiger partial charge in [0.2, 0.25) is 5.10 Å². The molecule has 9 nitrogen and oxygen atoms in total. The first kappa shape index (κ1) is 16.7. The van der Waals surface area contributed by atoms with Crippen molar-refractivity contribution in [2.45, 2.75) is 18.9 Å². The highest BCUT2D eigenvalue weighted by molar-refractivity contribution is 9.10. The summed E-state index contributed by atoms with van der Waals surface area (Å²) in [5.41, 5.74) is 0.336. The van der Waals surface area contributed by atoms with Crippen molar-refractivity contribution in [1.29, 1.82) is 0 Å². The van der Waals surface area contributed by atoms with Crippen molar-refractivity contribution in [3.63, 3.8) is 0 Å². The molecular formula is C14H16BrN5O4. The fourth-order valence-corrected chi connectivity index (χ4v) is 2.82. The van der Waals surface area contributed by atoms with E-state index in [2.05, 4.69) is 31.7 Å². The fraction of sp³-hybridized carbons (Fsp3) is 0.429. The van der Waals surface area contributed by atoms with Gasteiger partial charge in [0.1, 0.15) is 6.10 Å². The van der Waals surface area contributed by atoms with Crippen LogP contribution < -0.4 is 20.2 Å². The lowest BCUT2D eigenvalue weighted by Crippen LogP contribution is -2.44. The summed E-state index contributed by atoms with van der Waals surface area (Å²) >= 11 is 3.24. The number of fused-ring (bicyclic) bond motifs is 1. The second-order valence-electron chi connectivity index (χ2n) is 5.41. The SMILES string of the molecule is O=C(CCNc1n[n+]([O-])c2cc(Br)ccc2[n+]1[O-])OC1CCNC1. The lowest BCUT2D eigenvalue weighted by Gasteiger charge is -2.11. The summed E-state index contributed by atoms with van der Waals surface area (Å²) in [7, 11) is 0. The summed E-state index contributed by atoms with van der Waals surface area (Å²) in [6.45, 7) is 1.65. The number of benzene rings is 1. The Balaban J connectivity index is 1.63. The Hall–Kier alpha value is -2.20. The molecule has 3 rings (SSSR count). The summed E-state index contributed by atoms with van der Waals surface area (Å²) in [4.78, 5) is 12.1. The molecule has 2 N–H and O–H groups in total. The largest absolute Gasteiger partial charge is 0.739 e. The van der Waals surface area contributed by atoms with E-state index in [9.17, 15) is 15.2 Å². The third-order valence-corrected chi connectivity index (χ3v) is 4.16. The van der Waals surface area contributed by atoms with Crippen LogP contribution in [0.1, 0.15) is 12.8 Å². The van der Waals surface area contributed by atoms with Crippen molar-refractivity contribution < 1.29 is 19.1 Å². The third-order valence-electron chi connectivity index (χ3n) is 3.67. The molecular weight excluding hydrogens is 382 g/mol. The summed E-state index contributed by atoms with van der Waals surface area (Å²) in [5.74, 6) is -0.511. The Bertz CT molecular complexity index is 766. The van der Waals surface area contributed by atoms with E-state index < -0.39 is 0 Å². The van der Waals surface area contributed by atoms with Crippen LogP contribution in [0.2, 0.25) is 0 Å². The second-order valence-corrected chi connectivity index (χ2v) is 6.32. The molecule has 0 saturated carbocycles. The van der Waals surface area contributed by atoms with E-state index in [1.165, 1.54) is 12.1 Å². The lowest BCUT2D eigenvalue weighted by molar-refractivity contribution is -0.672. The normalized spacial score (nSPS) is 17.1. The average Bonchev–Trinajstić information content (AvgIpc) is 3.05. The maximum absolute atomic E-state index is 12.2. The molecule has 1 aromatic carbocycles. The molecule has 0 bridgehead atoms. The number of rotatable bonds is 5. The van der Waals surface area contributed by atoms with E-state index in [1.54, 1.807) is 6.07 Å². The average molecular weight is 398 g/mol. The first-order valence-corrected chi connectivity index (χ1v) is 8.30. The topological polar surface area (TPSA) is 117 Å². The standard InChI is InChI=1S/C14H16BrN5O4/c15-9-1-2-11-12(7-9)20(23)18-14(19(11)22)17-6-4-13(21)24-10-3-5-16-8-10/h1-2,7,10,16H,3-6,8H2,(H,17,18). The Labute approximate surface area is 145 Å². The number of nitrogens with zero attached hydrogens (tertiary/aromatic N) is 3. The molecule has 1 aliphatic rings. The zero-order valence-electron chi connectivity index (χ0n) is 12.7. The summed E-state index contributed by atoms with van der Waals surface area (Å²) in [6, 6.07) is 4.70. The van der Waals surface area contributed by atoms with E-state index in [1.807, 2.05) is 0 Å². The van der Waals surface area contributed by atoms with Crippen molar-refractivity contribution in [1.82, 2.24) is 10.4 Å². The van der Waals surface area contributed by atoms with E-state index in [0.717, 1.165) is 13.0 Å². The number of ether oxygens (including phenoxy) is 1. The zero-order valence-corrected chi connectivity index (χ0v) is 14.3. The zero-order chi connectivity index (χ0) is 17.1. The summed E-state index contributed by atoms with van der Waals surface area (Å²) in [5, 5.41) is 33.6. The molecule has 2 heterocycles. The van der Waals surface area contributed by atoms with Crippen LogP contribution in [0.4, 0.5) is 5.95 Å². The van der Waals surface area contributed by atoms with Crippen LogP contribution in [0.15, 0.2) is 22.7 Å². The molecule has 0 radical (unpaired) electrons. The summed E-state index contributed by atoms with van der Waals surface area (Å²) in [6.07, 6.45) is 0.788. The molecule has 1 atom stereocenters. The number of hydrogen-bond acceptors (Lipinski definition) is 7. The van der Waals surface area contributed by atoms with Gasteiger partial charge in [0.15, 0.2) is 5.52 Å². The molecule has 24 heavy (non-hydrogen) atoms. The summed E-state index contributed by atoms with van der Waals surface area (Å²) < 4.78 is 6.47. The van der Waals surface area contributed by atoms with E-state index in [4.69, 9.17) is 4.74 Å². The van der Waals surface area contributed by atoms with Crippen molar-refractivity contribution in [2.75, 3.05) is 25.0 Å². The minimum absolute atomic E-state index is 0.0788. The Morgan fingerprint density at radius 1 is 1.46 bits per heavy atom. The van der Waals surface area contributed by atoms with Gasteiger partial charge in [-0.3, -0.25) is 10.1 Å². The van der Waals surface area contributed by atoms with Crippen LogP contribution in [0.3, 0.4) is 0 Å². The highest BCUT2D eigenvalue weighted by Crippen LogP contribution is 2.14. The van der Waals surface area contributed by atoms with Gasteiger partial charge in [-0.2, -0.15) is 0 Å². The monoisotopic (exact) mass is 397 g/mol. The highest BCUT2D eigenvalue weighted by atomic mass is 79.9. The maximum atomic E-state index is 12.2. The molecule has 1 saturated heterocycles. The molecule has 1 aliphatic heterocycles. The van der Waals surface area contributed by atoms with Crippen LogP contribution in [0, 0.1) is 10.4 Å². The number of anilines is 1. The molecule has 1 unspecified atom stereocenters. The van der Waals surface area contributed by atoms with Crippen LogP contribution in [-0.4, -0.2) is 36.8 Å². The smallest absolute Gasteiger partial charge is 0.460 e. The van der Waals surface area contributed by atoms with Crippen molar-refractivity contribution >= 4 is 38.9 Å². The van der Waals surface area contributed by atoms with E-state index in [-0.39, 0.29) is 42.0 Å². The second kappa shape index (κ2) is 7.14. The predicted molar refractivity (Wildman–Crippen MR) is 87.8 cm³/mol. The number of esters is 1. The molecule has 10 heteroatoms. The highest BCUT2D eigenvalue weighted by Gasteiger charge is 2.22. The van der Waals surface area contributed by atoms with Gasteiger partial charge in [-0.25, -0.2) is 4.73 Å². The Kier molecular flexibility index (Phi) is 4.95. The van der Waals surface area contributed by atoms with E-state index in [0.29, 0.717) is 20.6 Å². The molecule has 0 aliphatic carbocycles. The van der Waals surface area contributed by atoms with Gasteiger partial charge in [-0.05, 0) is 25.1 Å². The molecule has 128 valence electrons. The number of carbonyl (C=O) groups is 1. The van der Waals surface area contributed by atoms with Crippen LogP contribution in [-0.2, 0) is 9.53 Å². The molecule has 1 fully saturated rings. The molecule has 0 spiro atoms.